The molecule has 1 aliphatic heterocycles. The summed E-state index contributed by atoms with van der Waals surface area (Å²) >= 11 is 5.72. The first-order chi connectivity index (χ1) is 9.79. The number of nitrogens with one attached hydrogen (secondary N) is 1. The summed E-state index contributed by atoms with van der Waals surface area (Å²) in [6.07, 6.45) is 0.964. The van der Waals surface area contributed by atoms with Gasteiger partial charge < -0.3 is 10.1 Å². The number of ether oxygens (including phenoxy) is 1. The predicted octanol–water partition coefficient (Wildman–Crippen LogP) is 1.88. The molecule has 20 heavy (non-hydrogen) atoms. The number of hydrogen-bond donors (Lipinski definition) is 1. The lowest BCUT2D eigenvalue weighted by atomic mass is 10.1. The van der Waals surface area contributed by atoms with Gasteiger partial charge in [0, 0.05) is 31.1 Å². The average Bonchev–Trinajstić information content (AvgIpc) is 2.52. The number of benzene rings is 1. The molecule has 110 valence electrons. The highest BCUT2D eigenvalue weighted by atomic mass is 35.5. The molecule has 0 unspecified atom stereocenters. The predicted molar refractivity (Wildman–Crippen MR) is 80.2 cm³/mol. The molecular formula is C15H21ClN2O2. The molecule has 0 radical (unpaired) electrons. The first kappa shape index (κ1) is 15.3. The Hall–Kier alpha value is -1.10. The molecule has 1 aliphatic rings. The molecule has 1 heterocycles. The molecule has 5 heteroatoms. The Balaban J connectivity index is 1.66. The third kappa shape index (κ3) is 4.78. The van der Waals surface area contributed by atoms with Crippen molar-refractivity contribution in [3.63, 3.8) is 0 Å². The van der Waals surface area contributed by atoms with Crippen LogP contribution in [0.1, 0.15) is 22.3 Å². The Bertz CT molecular complexity index is 416. The largest absolute Gasteiger partial charge is 0.379 e. The van der Waals surface area contributed by atoms with Crippen LogP contribution in [0.2, 0.25) is 0 Å². The number of amides is 1. The van der Waals surface area contributed by atoms with E-state index in [1.807, 2.05) is 24.3 Å². The quantitative estimate of drug-likeness (QED) is 0.644. The smallest absolute Gasteiger partial charge is 0.251 e. The fourth-order valence-corrected chi connectivity index (χ4v) is 2.35. The molecule has 1 N–H and O–H groups in total. The zero-order valence-electron chi connectivity index (χ0n) is 11.6. The lowest BCUT2D eigenvalue weighted by Crippen LogP contribution is -2.38. The maximum Gasteiger partial charge on any atom is 0.251 e. The zero-order chi connectivity index (χ0) is 14.2. The lowest BCUT2D eigenvalue weighted by Gasteiger charge is -2.26. The van der Waals surface area contributed by atoms with Gasteiger partial charge in [0.15, 0.2) is 0 Å². The number of nitrogens with zero attached hydrogens (tertiary/aromatic N) is 1. The first-order valence-electron chi connectivity index (χ1n) is 7.03. The van der Waals surface area contributed by atoms with E-state index in [1.54, 1.807) is 0 Å². The summed E-state index contributed by atoms with van der Waals surface area (Å²) in [7, 11) is 0. The SMILES string of the molecule is O=C(NCCCN1CCOCC1)c1ccc(CCl)cc1. The van der Waals surface area contributed by atoms with Crippen LogP contribution in [0.25, 0.3) is 0 Å². The van der Waals surface area contributed by atoms with Crippen LogP contribution >= 0.6 is 11.6 Å². The van der Waals surface area contributed by atoms with Crippen molar-refractivity contribution in [3.05, 3.63) is 35.4 Å². The minimum absolute atomic E-state index is 0.0203. The van der Waals surface area contributed by atoms with Crippen molar-refractivity contribution >= 4 is 17.5 Å². The summed E-state index contributed by atoms with van der Waals surface area (Å²) in [6, 6.07) is 7.40. The van der Waals surface area contributed by atoms with E-state index in [-0.39, 0.29) is 5.91 Å². The van der Waals surface area contributed by atoms with Gasteiger partial charge in [0.05, 0.1) is 13.2 Å². The van der Waals surface area contributed by atoms with Crippen molar-refractivity contribution in [1.82, 2.24) is 10.2 Å². The van der Waals surface area contributed by atoms with E-state index in [0.717, 1.165) is 44.8 Å². The van der Waals surface area contributed by atoms with Crippen LogP contribution in [0.4, 0.5) is 0 Å². The van der Waals surface area contributed by atoms with Gasteiger partial charge in [-0.1, -0.05) is 12.1 Å². The fourth-order valence-electron chi connectivity index (χ4n) is 2.18. The summed E-state index contributed by atoms with van der Waals surface area (Å²) < 4.78 is 5.30. The molecule has 0 bridgehead atoms. The maximum atomic E-state index is 11.9. The van der Waals surface area contributed by atoms with Crippen LogP contribution in [0.15, 0.2) is 24.3 Å². The minimum Gasteiger partial charge on any atom is -0.379 e. The van der Waals surface area contributed by atoms with E-state index in [1.165, 1.54) is 0 Å². The normalized spacial score (nSPS) is 16.1. The number of carbonyl (C=O) groups excluding carboxylic acids is 1. The number of morpholine rings is 1. The molecule has 1 saturated heterocycles. The van der Waals surface area contributed by atoms with Crippen molar-refractivity contribution in [3.8, 4) is 0 Å². The third-order valence-electron chi connectivity index (χ3n) is 3.41. The molecule has 0 aliphatic carbocycles. The Morgan fingerprint density at radius 2 is 1.95 bits per heavy atom. The summed E-state index contributed by atoms with van der Waals surface area (Å²) in [5.74, 6) is 0.453. The van der Waals surface area contributed by atoms with Crippen LogP contribution in [-0.2, 0) is 10.6 Å². The highest BCUT2D eigenvalue weighted by molar-refractivity contribution is 6.17. The van der Waals surface area contributed by atoms with Gasteiger partial charge in [-0.2, -0.15) is 0 Å². The second-order valence-electron chi connectivity index (χ2n) is 4.89. The third-order valence-corrected chi connectivity index (χ3v) is 3.72. The van der Waals surface area contributed by atoms with E-state index < -0.39 is 0 Å². The van der Waals surface area contributed by atoms with Crippen molar-refractivity contribution in [2.75, 3.05) is 39.4 Å². The molecular weight excluding hydrogens is 276 g/mol. The summed E-state index contributed by atoms with van der Waals surface area (Å²) in [5.41, 5.74) is 1.71. The van der Waals surface area contributed by atoms with E-state index in [4.69, 9.17) is 16.3 Å². The Morgan fingerprint density at radius 1 is 1.25 bits per heavy atom. The summed E-state index contributed by atoms with van der Waals surface area (Å²) in [6.45, 7) is 5.34. The van der Waals surface area contributed by atoms with Gasteiger partial charge in [-0.15, -0.1) is 11.6 Å². The fraction of sp³-hybridized carbons (Fsp3) is 0.533. The Labute approximate surface area is 125 Å². The zero-order valence-corrected chi connectivity index (χ0v) is 12.4. The number of rotatable bonds is 6. The van der Waals surface area contributed by atoms with Crippen LogP contribution < -0.4 is 5.32 Å². The average molecular weight is 297 g/mol. The summed E-state index contributed by atoms with van der Waals surface area (Å²) in [4.78, 5) is 14.3. The van der Waals surface area contributed by atoms with Gasteiger partial charge >= 0.3 is 0 Å². The second kappa shape index (κ2) is 8.25. The molecule has 0 atom stereocenters. The number of hydrogen-bond acceptors (Lipinski definition) is 3. The molecule has 0 aromatic heterocycles. The standard InChI is InChI=1S/C15H21ClN2O2/c16-12-13-2-4-14(5-3-13)15(19)17-6-1-7-18-8-10-20-11-9-18/h2-5H,1,6-12H2,(H,17,19). The van der Waals surface area contributed by atoms with Gasteiger partial charge in [-0.3, -0.25) is 9.69 Å². The Kier molecular flexibility index (Phi) is 6.30. The van der Waals surface area contributed by atoms with Crippen molar-refractivity contribution in [2.24, 2.45) is 0 Å². The number of halogens is 1. The second-order valence-corrected chi connectivity index (χ2v) is 5.16. The molecule has 4 nitrogen and oxygen atoms in total. The molecule has 0 spiro atoms. The van der Waals surface area contributed by atoms with Gasteiger partial charge in [0.25, 0.3) is 5.91 Å². The lowest BCUT2D eigenvalue weighted by molar-refractivity contribution is 0.0374. The van der Waals surface area contributed by atoms with E-state index in [9.17, 15) is 4.79 Å². The first-order valence-corrected chi connectivity index (χ1v) is 7.56. The highest BCUT2D eigenvalue weighted by Crippen LogP contribution is 2.06. The van der Waals surface area contributed by atoms with Gasteiger partial charge in [0.1, 0.15) is 0 Å². The maximum absolute atomic E-state index is 11.9. The minimum atomic E-state index is -0.0203. The van der Waals surface area contributed by atoms with Crippen molar-refractivity contribution in [1.29, 1.82) is 0 Å². The van der Waals surface area contributed by atoms with Crippen LogP contribution in [0.3, 0.4) is 0 Å². The van der Waals surface area contributed by atoms with E-state index >= 15 is 0 Å². The van der Waals surface area contributed by atoms with Gasteiger partial charge in [-0.25, -0.2) is 0 Å². The van der Waals surface area contributed by atoms with Crippen LogP contribution in [0.5, 0.6) is 0 Å². The van der Waals surface area contributed by atoms with E-state index in [2.05, 4.69) is 10.2 Å². The molecule has 0 saturated carbocycles. The van der Waals surface area contributed by atoms with Crippen molar-refractivity contribution < 1.29 is 9.53 Å². The monoisotopic (exact) mass is 296 g/mol. The molecule has 1 aromatic rings. The topological polar surface area (TPSA) is 41.6 Å². The van der Waals surface area contributed by atoms with Crippen LogP contribution in [0, 0.1) is 0 Å². The highest BCUT2D eigenvalue weighted by Gasteiger charge is 2.10. The molecule has 1 amide bonds. The molecule has 1 fully saturated rings. The van der Waals surface area contributed by atoms with Gasteiger partial charge in [0.2, 0.25) is 0 Å². The Morgan fingerprint density at radius 3 is 2.60 bits per heavy atom. The summed E-state index contributed by atoms with van der Waals surface area (Å²) in [5, 5.41) is 2.95. The molecule has 2 rings (SSSR count). The van der Waals surface area contributed by atoms with E-state index in [0.29, 0.717) is 18.0 Å². The van der Waals surface area contributed by atoms with Crippen molar-refractivity contribution in [2.45, 2.75) is 12.3 Å². The number of alkyl halides is 1. The number of carbonyl (C=O) groups is 1. The van der Waals surface area contributed by atoms with Gasteiger partial charge in [-0.05, 0) is 30.7 Å². The molecule has 1 aromatic carbocycles. The van der Waals surface area contributed by atoms with Crippen LogP contribution in [-0.4, -0.2) is 50.2 Å².